The van der Waals surface area contributed by atoms with Crippen LogP contribution in [0.2, 0.25) is 0 Å². The third kappa shape index (κ3) is 3.77. The van der Waals surface area contributed by atoms with E-state index in [0.29, 0.717) is 19.7 Å². The van der Waals surface area contributed by atoms with E-state index in [-0.39, 0.29) is 17.7 Å². The van der Waals surface area contributed by atoms with Crippen LogP contribution in [-0.2, 0) is 29.2 Å². The van der Waals surface area contributed by atoms with Gasteiger partial charge in [-0.05, 0) is 32.0 Å². The number of nitrogens with zero attached hydrogens (tertiary/aromatic N) is 4. The van der Waals surface area contributed by atoms with E-state index in [9.17, 15) is 4.79 Å². The van der Waals surface area contributed by atoms with Gasteiger partial charge in [0.1, 0.15) is 0 Å². The molecule has 27 heavy (non-hydrogen) atoms. The van der Waals surface area contributed by atoms with Crippen LogP contribution in [0.5, 0.6) is 0 Å². The van der Waals surface area contributed by atoms with Crippen molar-refractivity contribution in [2.75, 3.05) is 33.9 Å². The second-order valence-electron chi connectivity index (χ2n) is 7.82. The summed E-state index contributed by atoms with van der Waals surface area (Å²) in [6, 6.07) is 10.4. The molecule has 6 heteroatoms. The molecule has 1 aromatic heterocycles. The highest BCUT2D eigenvalue weighted by atomic mass is 16.5. The van der Waals surface area contributed by atoms with Crippen molar-refractivity contribution >= 4 is 5.91 Å². The Morgan fingerprint density at radius 2 is 2.07 bits per heavy atom. The van der Waals surface area contributed by atoms with Crippen LogP contribution in [0.4, 0.5) is 0 Å². The molecule has 2 atom stereocenters. The van der Waals surface area contributed by atoms with Gasteiger partial charge in [-0.15, -0.1) is 0 Å². The number of hydrogen-bond donors (Lipinski definition) is 0. The van der Waals surface area contributed by atoms with Crippen molar-refractivity contribution in [1.82, 2.24) is 19.6 Å². The second kappa shape index (κ2) is 7.82. The zero-order chi connectivity index (χ0) is 18.8. The first-order chi connectivity index (χ1) is 13.1. The van der Waals surface area contributed by atoms with Crippen LogP contribution in [0, 0.1) is 5.92 Å². The van der Waals surface area contributed by atoms with Crippen LogP contribution < -0.4 is 0 Å². The molecular formula is C21H28N4O2. The number of carbonyl (C=O) groups excluding carboxylic acids is 1. The molecule has 0 spiro atoms. The van der Waals surface area contributed by atoms with Crippen LogP contribution in [0.1, 0.15) is 29.2 Å². The normalized spacial score (nSPS) is 22.7. The van der Waals surface area contributed by atoms with Crippen molar-refractivity contribution in [2.24, 2.45) is 5.92 Å². The number of hydrogen-bond acceptors (Lipinski definition) is 4. The number of fused-ring (bicyclic) bond motifs is 1. The first-order valence-corrected chi connectivity index (χ1v) is 9.73. The molecule has 1 amide bonds. The molecule has 0 unspecified atom stereocenters. The minimum atomic E-state index is -0.104. The standard InChI is InChI=1S/C21H28N4O2/c1-23(2)13-17-12-22-25-10-9-24(14-20(17)25)21(26)19-15-27-11-8-18(19)16-6-4-3-5-7-16/h3-7,12,18-19H,8-11,13-15H2,1-2H3/t18-,19-/m1/s1. The Morgan fingerprint density at radius 1 is 1.26 bits per heavy atom. The highest BCUT2D eigenvalue weighted by molar-refractivity contribution is 5.80. The van der Waals surface area contributed by atoms with E-state index in [1.807, 2.05) is 17.2 Å². The number of ether oxygens (including phenoxy) is 1. The van der Waals surface area contributed by atoms with Crippen molar-refractivity contribution in [2.45, 2.75) is 32.0 Å². The predicted octanol–water partition coefficient (Wildman–Crippen LogP) is 2.11. The van der Waals surface area contributed by atoms with E-state index in [4.69, 9.17) is 4.74 Å². The van der Waals surface area contributed by atoms with Crippen molar-refractivity contribution in [3.63, 3.8) is 0 Å². The van der Waals surface area contributed by atoms with Crippen molar-refractivity contribution in [3.05, 3.63) is 53.3 Å². The Labute approximate surface area is 160 Å². The number of aromatic nitrogens is 2. The third-order valence-electron chi connectivity index (χ3n) is 5.66. The van der Waals surface area contributed by atoms with Gasteiger partial charge in [-0.2, -0.15) is 5.10 Å². The molecule has 0 aliphatic carbocycles. The average Bonchev–Trinajstić information content (AvgIpc) is 3.09. The molecule has 1 saturated heterocycles. The van der Waals surface area contributed by atoms with Gasteiger partial charge >= 0.3 is 0 Å². The van der Waals surface area contributed by atoms with Gasteiger partial charge in [-0.25, -0.2) is 0 Å². The van der Waals surface area contributed by atoms with Crippen molar-refractivity contribution in [3.8, 4) is 0 Å². The zero-order valence-electron chi connectivity index (χ0n) is 16.2. The number of carbonyl (C=O) groups is 1. The van der Waals surface area contributed by atoms with E-state index in [2.05, 4.69) is 53.0 Å². The molecule has 144 valence electrons. The Hall–Kier alpha value is -2.18. The summed E-state index contributed by atoms with van der Waals surface area (Å²) in [5.41, 5.74) is 3.61. The quantitative estimate of drug-likeness (QED) is 0.829. The Morgan fingerprint density at radius 3 is 2.85 bits per heavy atom. The summed E-state index contributed by atoms with van der Waals surface area (Å²) < 4.78 is 7.76. The van der Waals surface area contributed by atoms with E-state index in [0.717, 1.165) is 31.8 Å². The Bertz CT molecular complexity index is 787. The van der Waals surface area contributed by atoms with Gasteiger partial charge in [0.2, 0.25) is 5.91 Å². The lowest BCUT2D eigenvalue weighted by Crippen LogP contribution is -2.46. The van der Waals surface area contributed by atoms with Crippen LogP contribution in [0.3, 0.4) is 0 Å². The van der Waals surface area contributed by atoms with Crippen LogP contribution in [-0.4, -0.2) is 59.3 Å². The molecule has 2 aliphatic heterocycles. The molecule has 0 N–H and O–H groups in total. The highest BCUT2D eigenvalue weighted by Crippen LogP contribution is 2.34. The second-order valence-corrected chi connectivity index (χ2v) is 7.82. The molecule has 2 aromatic rings. The lowest BCUT2D eigenvalue weighted by Gasteiger charge is -2.36. The zero-order valence-corrected chi connectivity index (χ0v) is 16.2. The largest absolute Gasteiger partial charge is 0.381 e. The first kappa shape index (κ1) is 18.2. The average molecular weight is 368 g/mol. The predicted molar refractivity (Wildman–Crippen MR) is 103 cm³/mol. The topological polar surface area (TPSA) is 50.6 Å². The lowest BCUT2D eigenvalue weighted by molar-refractivity contribution is -0.142. The van der Waals surface area contributed by atoms with Crippen LogP contribution >= 0.6 is 0 Å². The SMILES string of the molecule is CN(C)Cc1cnn2c1CN(C(=O)[C@@H]1COCC[C@@H]1c1ccccc1)CC2. The molecule has 0 saturated carbocycles. The molecule has 1 fully saturated rings. The Balaban J connectivity index is 1.53. The maximum absolute atomic E-state index is 13.4. The van der Waals surface area contributed by atoms with Gasteiger partial charge in [0, 0.05) is 25.3 Å². The van der Waals surface area contributed by atoms with Gasteiger partial charge < -0.3 is 14.5 Å². The fourth-order valence-corrected chi connectivity index (χ4v) is 4.28. The molecule has 4 rings (SSSR count). The van der Waals surface area contributed by atoms with Gasteiger partial charge in [0.15, 0.2) is 0 Å². The molecule has 0 bridgehead atoms. The van der Waals surface area contributed by atoms with E-state index in [1.165, 1.54) is 11.1 Å². The first-order valence-electron chi connectivity index (χ1n) is 9.73. The number of amides is 1. The highest BCUT2D eigenvalue weighted by Gasteiger charge is 2.36. The lowest BCUT2D eigenvalue weighted by atomic mass is 9.81. The maximum Gasteiger partial charge on any atom is 0.229 e. The van der Waals surface area contributed by atoms with Gasteiger partial charge in [-0.3, -0.25) is 9.48 Å². The monoisotopic (exact) mass is 368 g/mol. The molecule has 0 radical (unpaired) electrons. The summed E-state index contributed by atoms with van der Waals surface area (Å²) in [5.74, 6) is 0.347. The fourth-order valence-electron chi connectivity index (χ4n) is 4.28. The van der Waals surface area contributed by atoms with Gasteiger partial charge in [0.05, 0.1) is 37.5 Å². The summed E-state index contributed by atoms with van der Waals surface area (Å²) >= 11 is 0. The molecule has 2 aliphatic rings. The maximum atomic E-state index is 13.4. The summed E-state index contributed by atoms with van der Waals surface area (Å²) in [5, 5.41) is 4.51. The summed E-state index contributed by atoms with van der Waals surface area (Å²) in [7, 11) is 4.11. The van der Waals surface area contributed by atoms with Crippen molar-refractivity contribution < 1.29 is 9.53 Å². The van der Waals surface area contributed by atoms with E-state index < -0.39 is 0 Å². The van der Waals surface area contributed by atoms with Gasteiger partial charge in [0.25, 0.3) is 0 Å². The summed E-state index contributed by atoms with van der Waals surface area (Å²) in [6.45, 7) is 4.20. The number of rotatable bonds is 4. The molecular weight excluding hydrogens is 340 g/mol. The minimum absolute atomic E-state index is 0.104. The fraction of sp³-hybridized carbons (Fsp3) is 0.524. The molecule has 3 heterocycles. The van der Waals surface area contributed by atoms with Crippen LogP contribution in [0.15, 0.2) is 36.5 Å². The van der Waals surface area contributed by atoms with Gasteiger partial charge in [-0.1, -0.05) is 30.3 Å². The number of benzene rings is 1. The Kier molecular flexibility index (Phi) is 5.27. The smallest absolute Gasteiger partial charge is 0.229 e. The molecule has 6 nitrogen and oxygen atoms in total. The van der Waals surface area contributed by atoms with E-state index >= 15 is 0 Å². The van der Waals surface area contributed by atoms with Crippen molar-refractivity contribution in [1.29, 1.82) is 0 Å². The minimum Gasteiger partial charge on any atom is -0.381 e. The third-order valence-corrected chi connectivity index (χ3v) is 5.66. The van der Waals surface area contributed by atoms with E-state index in [1.54, 1.807) is 0 Å². The summed E-state index contributed by atoms with van der Waals surface area (Å²) in [6.07, 6.45) is 2.85. The molecule has 1 aromatic carbocycles. The van der Waals surface area contributed by atoms with Crippen LogP contribution in [0.25, 0.3) is 0 Å². The summed E-state index contributed by atoms with van der Waals surface area (Å²) in [4.78, 5) is 17.6.